The second-order valence-electron chi connectivity index (χ2n) is 5.10. The minimum atomic E-state index is -0.115. The van der Waals surface area contributed by atoms with Crippen LogP contribution in [0.1, 0.15) is 43.5 Å². The summed E-state index contributed by atoms with van der Waals surface area (Å²) >= 11 is 7.49. The van der Waals surface area contributed by atoms with E-state index in [4.69, 9.17) is 11.6 Å². The lowest BCUT2D eigenvalue weighted by Crippen LogP contribution is -2.36. The highest BCUT2D eigenvalue weighted by atomic mass is 35.5. The molecule has 0 aromatic carbocycles. The van der Waals surface area contributed by atoms with Crippen LogP contribution in [-0.4, -0.2) is 11.8 Å². The molecule has 0 saturated heterocycles. The lowest BCUT2D eigenvalue weighted by Gasteiger charge is -2.25. The Morgan fingerprint density at radius 2 is 2.28 bits per heavy atom. The number of hydrogen-bond donors (Lipinski definition) is 1. The Bertz CT molecular complexity index is 373. The summed E-state index contributed by atoms with van der Waals surface area (Å²) in [6.45, 7) is 1.88. The van der Waals surface area contributed by atoms with Crippen LogP contribution in [0.25, 0.3) is 0 Å². The van der Waals surface area contributed by atoms with E-state index >= 15 is 0 Å². The molecule has 1 saturated carbocycles. The number of thiophene rings is 1. The molecule has 1 heterocycles. The van der Waals surface area contributed by atoms with Crippen LogP contribution in [-0.2, 0) is 4.79 Å². The van der Waals surface area contributed by atoms with Crippen molar-refractivity contribution in [1.82, 2.24) is 5.32 Å². The van der Waals surface area contributed by atoms with E-state index in [9.17, 15) is 4.79 Å². The van der Waals surface area contributed by atoms with Gasteiger partial charge in [-0.25, -0.2) is 0 Å². The van der Waals surface area contributed by atoms with Crippen molar-refractivity contribution in [2.75, 3.05) is 5.88 Å². The van der Waals surface area contributed by atoms with Gasteiger partial charge in [0, 0.05) is 16.7 Å². The van der Waals surface area contributed by atoms with Gasteiger partial charge < -0.3 is 5.32 Å². The normalized spacial score (nSPS) is 19.7. The van der Waals surface area contributed by atoms with E-state index in [1.165, 1.54) is 30.6 Å². The van der Waals surface area contributed by atoms with Gasteiger partial charge in [0.2, 0.25) is 5.91 Å². The van der Waals surface area contributed by atoms with Crippen molar-refractivity contribution in [3.8, 4) is 0 Å². The van der Waals surface area contributed by atoms with Gasteiger partial charge >= 0.3 is 0 Å². The van der Waals surface area contributed by atoms with Gasteiger partial charge in [0.25, 0.3) is 0 Å². The summed E-state index contributed by atoms with van der Waals surface area (Å²) in [5.41, 5.74) is 0. The zero-order chi connectivity index (χ0) is 13.0. The lowest BCUT2D eigenvalue weighted by atomic mass is 9.96. The molecule has 4 heteroatoms. The number of nitrogens with one attached hydrogen (secondary N) is 1. The van der Waals surface area contributed by atoms with Gasteiger partial charge in [0.05, 0.1) is 6.04 Å². The van der Waals surface area contributed by atoms with Gasteiger partial charge in [-0.1, -0.05) is 25.8 Å². The van der Waals surface area contributed by atoms with Crippen molar-refractivity contribution in [1.29, 1.82) is 0 Å². The summed E-state index contributed by atoms with van der Waals surface area (Å²) in [6.07, 6.45) is 5.01. The van der Waals surface area contributed by atoms with Crippen molar-refractivity contribution in [2.24, 2.45) is 11.8 Å². The van der Waals surface area contributed by atoms with Crippen molar-refractivity contribution in [3.05, 3.63) is 22.4 Å². The molecule has 0 radical (unpaired) electrons. The van der Waals surface area contributed by atoms with Crippen LogP contribution in [0.2, 0.25) is 0 Å². The highest BCUT2D eigenvalue weighted by Crippen LogP contribution is 2.37. The highest BCUT2D eigenvalue weighted by molar-refractivity contribution is 7.10. The van der Waals surface area contributed by atoms with Crippen molar-refractivity contribution in [3.63, 3.8) is 0 Å². The van der Waals surface area contributed by atoms with Crippen LogP contribution < -0.4 is 5.32 Å². The molecule has 1 aromatic heterocycles. The second-order valence-corrected chi connectivity index (χ2v) is 6.39. The number of hydrogen-bond acceptors (Lipinski definition) is 2. The predicted octanol–water partition coefficient (Wildman–Crippen LogP) is 3.97. The van der Waals surface area contributed by atoms with E-state index in [0.717, 1.165) is 0 Å². The molecule has 0 bridgehead atoms. The first kappa shape index (κ1) is 13.9. The fraction of sp³-hybridized carbons (Fsp3) is 0.643. The topological polar surface area (TPSA) is 29.1 Å². The quantitative estimate of drug-likeness (QED) is 0.815. The summed E-state index contributed by atoms with van der Waals surface area (Å²) < 4.78 is 0. The zero-order valence-corrected chi connectivity index (χ0v) is 12.3. The van der Waals surface area contributed by atoms with Crippen LogP contribution >= 0.6 is 22.9 Å². The molecule has 1 N–H and O–H groups in total. The maximum atomic E-state index is 12.0. The summed E-state index contributed by atoms with van der Waals surface area (Å²) in [6, 6.07) is 4.36. The maximum absolute atomic E-state index is 12.0. The van der Waals surface area contributed by atoms with Crippen LogP contribution in [0.5, 0.6) is 0 Å². The Kier molecular flexibility index (Phi) is 5.07. The Hall–Kier alpha value is -0.540. The van der Waals surface area contributed by atoms with Gasteiger partial charge in [0.1, 0.15) is 0 Å². The standard InChI is InChI=1S/C14H20ClNOS/c1-10(9-15)14(17)16-13(11-5-2-3-6-11)12-7-4-8-18-12/h4,7-8,10-11,13H,2-3,5-6,9H2,1H3,(H,16,17). The van der Waals surface area contributed by atoms with Gasteiger partial charge in [-0.3, -0.25) is 4.79 Å². The fourth-order valence-corrected chi connectivity index (χ4v) is 3.56. The van der Waals surface area contributed by atoms with Crippen molar-refractivity contribution in [2.45, 2.75) is 38.6 Å². The maximum Gasteiger partial charge on any atom is 0.224 e. The molecule has 2 nitrogen and oxygen atoms in total. The smallest absolute Gasteiger partial charge is 0.224 e. The van der Waals surface area contributed by atoms with Crippen molar-refractivity contribution < 1.29 is 4.79 Å². The van der Waals surface area contributed by atoms with E-state index in [1.54, 1.807) is 11.3 Å². The molecule has 18 heavy (non-hydrogen) atoms. The Balaban J connectivity index is 2.07. The Morgan fingerprint density at radius 3 is 2.83 bits per heavy atom. The average Bonchev–Trinajstić information content (AvgIpc) is 3.06. The van der Waals surface area contributed by atoms with Gasteiger partial charge in [-0.05, 0) is 30.2 Å². The average molecular weight is 286 g/mol. The first-order chi connectivity index (χ1) is 8.72. The van der Waals surface area contributed by atoms with Crippen LogP contribution in [0, 0.1) is 11.8 Å². The molecule has 1 aliphatic carbocycles. The SMILES string of the molecule is CC(CCl)C(=O)NC(c1cccs1)C1CCCC1. The number of rotatable bonds is 5. The molecular weight excluding hydrogens is 266 g/mol. The lowest BCUT2D eigenvalue weighted by molar-refractivity contribution is -0.125. The Labute approximate surface area is 118 Å². The molecule has 1 fully saturated rings. The third-order valence-corrected chi connectivity index (χ3v) is 5.12. The molecule has 100 valence electrons. The third-order valence-electron chi connectivity index (χ3n) is 3.70. The summed E-state index contributed by atoms with van der Waals surface area (Å²) in [4.78, 5) is 13.3. The van der Waals surface area contributed by atoms with E-state index < -0.39 is 0 Å². The minimum absolute atomic E-state index is 0.0790. The number of alkyl halides is 1. The summed E-state index contributed by atoms with van der Waals surface area (Å²) in [7, 11) is 0. The van der Waals surface area contributed by atoms with Crippen molar-refractivity contribution >= 4 is 28.8 Å². The third kappa shape index (κ3) is 3.27. The minimum Gasteiger partial charge on any atom is -0.348 e. The number of carbonyl (C=O) groups is 1. The summed E-state index contributed by atoms with van der Waals surface area (Å²) in [5.74, 6) is 0.939. The summed E-state index contributed by atoms with van der Waals surface area (Å²) in [5, 5.41) is 5.28. The van der Waals surface area contributed by atoms with Gasteiger partial charge in [-0.15, -0.1) is 22.9 Å². The number of halogens is 1. The van der Waals surface area contributed by atoms with E-state index in [0.29, 0.717) is 11.8 Å². The molecule has 1 aromatic rings. The second kappa shape index (κ2) is 6.58. The number of amides is 1. The molecule has 0 aliphatic heterocycles. The molecule has 2 rings (SSSR count). The largest absolute Gasteiger partial charge is 0.348 e. The van der Waals surface area contributed by atoms with E-state index in [-0.39, 0.29) is 17.9 Å². The molecule has 1 aliphatic rings. The molecule has 0 spiro atoms. The molecular formula is C14H20ClNOS. The Morgan fingerprint density at radius 1 is 1.56 bits per heavy atom. The zero-order valence-electron chi connectivity index (χ0n) is 10.7. The monoisotopic (exact) mass is 285 g/mol. The molecule has 2 atom stereocenters. The van der Waals surface area contributed by atoms with E-state index in [1.807, 2.05) is 6.92 Å². The number of carbonyl (C=O) groups excluding carboxylic acids is 1. The van der Waals surface area contributed by atoms with Crippen LogP contribution in [0.15, 0.2) is 17.5 Å². The molecule has 2 unspecified atom stereocenters. The predicted molar refractivity (Wildman–Crippen MR) is 77.0 cm³/mol. The van der Waals surface area contributed by atoms with Crippen LogP contribution in [0.4, 0.5) is 0 Å². The molecule has 1 amide bonds. The first-order valence-corrected chi connectivity index (χ1v) is 8.03. The van der Waals surface area contributed by atoms with Gasteiger partial charge in [-0.2, -0.15) is 0 Å². The van der Waals surface area contributed by atoms with E-state index in [2.05, 4.69) is 22.8 Å². The highest BCUT2D eigenvalue weighted by Gasteiger charge is 2.29. The van der Waals surface area contributed by atoms with Gasteiger partial charge in [0.15, 0.2) is 0 Å². The van der Waals surface area contributed by atoms with Crippen LogP contribution in [0.3, 0.4) is 0 Å². The fourth-order valence-electron chi connectivity index (χ4n) is 2.55. The first-order valence-electron chi connectivity index (χ1n) is 6.62.